The van der Waals surface area contributed by atoms with Crippen LogP contribution in [0, 0.1) is 18.8 Å². The molecule has 1 aromatic rings. The zero-order valence-corrected chi connectivity index (χ0v) is 10.3. The number of pyridine rings is 1. The smallest absolute Gasteiger partial charge is 0.129 e. The van der Waals surface area contributed by atoms with Crippen LogP contribution in [0.1, 0.15) is 25.1 Å². The first-order valence-corrected chi connectivity index (χ1v) is 5.93. The van der Waals surface area contributed by atoms with Crippen LogP contribution in [-0.4, -0.2) is 23.2 Å². The van der Waals surface area contributed by atoms with Crippen LogP contribution in [0.4, 0.5) is 5.82 Å². The second-order valence-electron chi connectivity index (χ2n) is 4.99. The van der Waals surface area contributed by atoms with Crippen molar-refractivity contribution in [2.24, 2.45) is 11.8 Å². The van der Waals surface area contributed by atoms with Gasteiger partial charge >= 0.3 is 0 Å². The molecule has 1 aliphatic heterocycles. The molecular weight excluding hydrogens is 200 g/mol. The molecule has 16 heavy (non-hydrogen) atoms. The molecule has 0 aromatic carbocycles. The van der Waals surface area contributed by atoms with E-state index in [-0.39, 0.29) is 6.61 Å². The van der Waals surface area contributed by atoms with Crippen molar-refractivity contribution in [3.63, 3.8) is 0 Å². The summed E-state index contributed by atoms with van der Waals surface area (Å²) in [7, 11) is 0. The predicted octanol–water partition coefficient (Wildman–Crippen LogP) is 1.97. The lowest BCUT2D eigenvalue weighted by molar-refractivity contribution is 0.281. The molecular formula is C13H20N2O. The molecule has 2 heterocycles. The number of aliphatic hydroxyl groups is 1. The summed E-state index contributed by atoms with van der Waals surface area (Å²) in [6.45, 7) is 8.78. The summed E-state index contributed by atoms with van der Waals surface area (Å²) in [5.41, 5.74) is 1.93. The van der Waals surface area contributed by atoms with Gasteiger partial charge in [0.25, 0.3) is 0 Å². The molecule has 1 saturated heterocycles. The van der Waals surface area contributed by atoms with Crippen LogP contribution in [-0.2, 0) is 6.61 Å². The quantitative estimate of drug-likeness (QED) is 0.828. The van der Waals surface area contributed by atoms with Crippen molar-refractivity contribution in [3.05, 3.63) is 23.4 Å². The minimum absolute atomic E-state index is 0.0926. The van der Waals surface area contributed by atoms with Crippen molar-refractivity contribution in [3.8, 4) is 0 Å². The normalized spacial score (nSPS) is 25.1. The second-order valence-corrected chi connectivity index (χ2v) is 4.99. The average molecular weight is 220 g/mol. The number of hydrogen-bond donors (Lipinski definition) is 1. The van der Waals surface area contributed by atoms with Gasteiger partial charge in [0.15, 0.2) is 0 Å². The van der Waals surface area contributed by atoms with Gasteiger partial charge in [-0.1, -0.05) is 13.8 Å². The molecule has 1 fully saturated rings. The molecule has 0 radical (unpaired) electrons. The monoisotopic (exact) mass is 220 g/mol. The van der Waals surface area contributed by atoms with Crippen LogP contribution in [0.15, 0.2) is 12.1 Å². The Balaban J connectivity index is 2.24. The minimum atomic E-state index is 0.0926. The van der Waals surface area contributed by atoms with Crippen molar-refractivity contribution in [2.75, 3.05) is 18.0 Å². The predicted molar refractivity (Wildman–Crippen MR) is 65.4 cm³/mol. The van der Waals surface area contributed by atoms with Crippen LogP contribution in [0.2, 0.25) is 0 Å². The van der Waals surface area contributed by atoms with E-state index in [1.54, 1.807) is 0 Å². The molecule has 1 aliphatic rings. The van der Waals surface area contributed by atoms with Crippen LogP contribution < -0.4 is 4.90 Å². The number of aryl methyl sites for hydroxylation is 1. The second kappa shape index (κ2) is 4.42. The van der Waals surface area contributed by atoms with E-state index < -0.39 is 0 Å². The molecule has 3 heteroatoms. The Morgan fingerprint density at radius 3 is 2.50 bits per heavy atom. The molecule has 0 aliphatic carbocycles. The highest BCUT2D eigenvalue weighted by atomic mass is 16.3. The molecule has 88 valence electrons. The van der Waals surface area contributed by atoms with Crippen LogP contribution >= 0.6 is 0 Å². The van der Waals surface area contributed by atoms with Crippen molar-refractivity contribution in [1.29, 1.82) is 0 Å². The highest BCUT2D eigenvalue weighted by Gasteiger charge is 2.26. The van der Waals surface area contributed by atoms with Gasteiger partial charge in [-0.2, -0.15) is 0 Å². The lowest BCUT2D eigenvalue weighted by atomic mass is 10.0. The van der Waals surface area contributed by atoms with E-state index in [9.17, 15) is 5.11 Å². The first-order valence-electron chi connectivity index (χ1n) is 5.93. The Morgan fingerprint density at radius 1 is 1.31 bits per heavy atom. The third-order valence-electron chi connectivity index (χ3n) is 3.49. The van der Waals surface area contributed by atoms with E-state index in [4.69, 9.17) is 0 Å². The van der Waals surface area contributed by atoms with E-state index in [1.165, 1.54) is 0 Å². The van der Waals surface area contributed by atoms with Crippen molar-refractivity contribution < 1.29 is 5.11 Å². The Hall–Kier alpha value is -1.09. The highest BCUT2D eigenvalue weighted by Crippen LogP contribution is 2.27. The van der Waals surface area contributed by atoms with E-state index in [2.05, 4.69) is 23.7 Å². The molecule has 3 nitrogen and oxygen atoms in total. The molecule has 0 saturated carbocycles. The largest absolute Gasteiger partial charge is 0.392 e. The van der Waals surface area contributed by atoms with Crippen LogP contribution in [0.25, 0.3) is 0 Å². The third-order valence-corrected chi connectivity index (χ3v) is 3.49. The van der Waals surface area contributed by atoms with E-state index in [0.29, 0.717) is 0 Å². The van der Waals surface area contributed by atoms with Crippen molar-refractivity contribution in [1.82, 2.24) is 4.98 Å². The summed E-state index contributed by atoms with van der Waals surface area (Å²) in [6, 6.07) is 3.93. The topological polar surface area (TPSA) is 36.4 Å². The van der Waals surface area contributed by atoms with E-state index in [1.807, 2.05) is 19.1 Å². The van der Waals surface area contributed by atoms with E-state index >= 15 is 0 Å². The number of aromatic nitrogens is 1. The number of anilines is 1. The van der Waals surface area contributed by atoms with Crippen molar-refractivity contribution in [2.45, 2.75) is 27.4 Å². The zero-order chi connectivity index (χ0) is 11.7. The fourth-order valence-electron chi connectivity index (χ4n) is 2.29. The van der Waals surface area contributed by atoms with Gasteiger partial charge in [-0.05, 0) is 36.5 Å². The fourth-order valence-corrected chi connectivity index (χ4v) is 2.29. The SMILES string of the molecule is Cc1cc(CO)cc(N2CC(C)C(C)C2)n1. The Labute approximate surface area is 97.1 Å². The number of hydrogen-bond acceptors (Lipinski definition) is 3. The van der Waals surface area contributed by atoms with Crippen molar-refractivity contribution >= 4 is 5.82 Å². The van der Waals surface area contributed by atoms with E-state index in [0.717, 1.165) is 42.0 Å². The molecule has 2 unspecified atom stereocenters. The average Bonchev–Trinajstić information content (AvgIpc) is 2.58. The maximum absolute atomic E-state index is 9.19. The highest BCUT2D eigenvalue weighted by molar-refractivity contribution is 5.43. The molecule has 0 bridgehead atoms. The summed E-state index contributed by atoms with van der Waals surface area (Å²) in [6.07, 6.45) is 0. The van der Waals surface area contributed by atoms with Gasteiger partial charge in [0.1, 0.15) is 5.82 Å². The zero-order valence-electron chi connectivity index (χ0n) is 10.3. The number of nitrogens with zero attached hydrogens (tertiary/aromatic N) is 2. The van der Waals surface area contributed by atoms with Crippen LogP contribution in [0.5, 0.6) is 0 Å². The molecule has 0 spiro atoms. The Kier molecular flexibility index (Phi) is 3.15. The van der Waals surface area contributed by atoms with Gasteiger partial charge in [-0.25, -0.2) is 4.98 Å². The molecule has 0 amide bonds. The van der Waals surface area contributed by atoms with Gasteiger partial charge in [0, 0.05) is 18.8 Å². The first-order chi connectivity index (χ1) is 7.60. The van der Waals surface area contributed by atoms with Gasteiger partial charge in [-0.3, -0.25) is 0 Å². The summed E-state index contributed by atoms with van der Waals surface area (Å²) in [5, 5.41) is 9.19. The number of aliphatic hydroxyl groups excluding tert-OH is 1. The minimum Gasteiger partial charge on any atom is -0.392 e. The molecule has 2 rings (SSSR count). The lowest BCUT2D eigenvalue weighted by Crippen LogP contribution is -2.21. The Morgan fingerprint density at radius 2 is 1.94 bits per heavy atom. The summed E-state index contributed by atoms with van der Waals surface area (Å²) >= 11 is 0. The van der Waals surface area contributed by atoms with Gasteiger partial charge in [-0.15, -0.1) is 0 Å². The van der Waals surface area contributed by atoms with Gasteiger partial charge in [0.2, 0.25) is 0 Å². The van der Waals surface area contributed by atoms with Gasteiger partial charge in [0.05, 0.1) is 6.61 Å². The maximum Gasteiger partial charge on any atom is 0.129 e. The summed E-state index contributed by atoms with van der Waals surface area (Å²) in [4.78, 5) is 6.87. The standard InChI is InChI=1S/C13H20N2O/c1-9-6-15(7-10(9)2)13-5-12(8-16)4-11(3)14-13/h4-5,9-10,16H,6-8H2,1-3H3. The van der Waals surface area contributed by atoms with Gasteiger partial charge < -0.3 is 10.0 Å². The first kappa shape index (κ1) is 11.4. The third kappa shape index (κ3) is 2.19. The van der Waals surface area contributed by atoms with Crippen LogP contribution in [0.3, 0.4) is 0 Å². The Bertz CT molecular complexity index is 368. The lowest BCUT2D eigenvalue weighted by Gasteiger charge is -2.18. The number of rotatable bonds is 2. The molecule has 1 aromatic heterocycles. The summed E-state index contributed by atoms with van der Waals surface area (Å²) < 4.78 is 0. The molecule has 2 atom stereocenters. The summed E-state index contributed by atoms with van der Waals surface area (Å²) in [5.74, 6) is 2.46. The fraction of sp³-hybridized carbons (Fsp3) is 0.615. The maximum atomic E-state index is 9.19. The molecule has 1 N–H and O–H groups in total.